The number of aryl methyl sites for hydroxylation is 1. The van der Waals surface area contributed by atoms with E-state index in [9.17, 15) is 9.90 Å². The second-order valence-corrected chi connectivity index (χ2v) is 6.44. The Morgan fingerprint density at radius 1 is 1.16 bits per heavy atom. The third kappa shape index (κ3) is 3.08. The van der Waals surface area contributed by atoms with Crippen molar-refractivity contribution < 1.29 is 5.11 Å². The van der Waals surface area contributed by atoms with Gasteiger partial charge in [0.1, 0.15) is 0 Å². The van der Waals surface area contributed by atoms with Gasteiger partial charge in [0.2, 0.25) is 5.43 Å². The summed E-state index contributed by atoms with van der Waals surface area (Å²) in [5.74, 6) is -0.183. The molecule has 0 saturated heterocycles. The van der Waals surface area contributed by atoms with Crippen molar-refractivity contribution in [1.29, 1.82) is 0 Å². The highest BCUT2D eigenvalue weighted by atomic mass is 16.3. The zero-order valence-electron chi connectivity index (χ0n) is 14.1. The van der Waals surface area contributed by atoms with Crippen molar-refractivity contribution in [1.82, 2.24) is 19.2 Å². The van der Waals surface area contributed by atoms with E-state index in [1.807, 2.05) is 46.5 Å². The van der Waals surface area contributed by atoms with Gasteiger partial charge < -0.3 is 9.67 Å². The molecule has 0 aliphatic carbocycles. The fourth-order valence-corrected chi connectivity index (χ4v) is 3.24. The number of para-hydroxylation sites is 1. The highest BCUT2D eigenvalue weighted by Gasteiger charge is 2.18. The van der Waals surface area contributed by atoms with Gasteiger partial charge in [-0.3, -0.25) is 9.69 Å². The molecule has 1 aromatic carbocycles. The van der Waals surface area contributed by atoms with Crippen LogP contribution < -0.4 is 5.43 Å². The third-order valence-electron chi connectivity index (χ3n) is 4.66. The van der Waals surface area contributed by atoms with Crippen LogP contribution in [0.3, 0.4) is 0 Å². The third-order valence-corrected chi connectivity index (χ3v) is 4.66. The summed E-state index contributed by atoms with van der Waals surface area (Å²) in [6, 6.07) is 11.6. The van der Waals surface area contributed by atoms with E-state index in [0.29, 0.717) is 6.54 Å². The maximum Gasteiger partial charge on any atom is 0.223 e. The van der Waals surface area contributed by atoms with E-state index in [1.54, 1.807) is 0 Å². The van der Waals surface area contributed by atoms with Crippen molar-refractivity contribution in [2.24, 2.45) is 0 Å². The number of aromatic nitrogens is 3. The Labute approximate surface area is 145 Å². The van der Waals surface area contributed by atoms with Crippen molar-refractivity contribution in [3.8, 4) is 11.4 Å². The molecule has 0 amide bonds. The van der Waals surface area contributed by atoms with Crippen LogP contribution in [0.1, 0.15) is 17.0 Å². The summed E-state index contributed by atoms with van der Waals surface area (Å²) in [4.78, 5) is 14.0. The van der Waals surface area contributed by atoms with Gasteiger partial charge in [-0.2, -0.15) is 5.10 Å². The van der Waals surface area contributed by atoms with E-state index < -0.39 is 0 Å². The molecule has 0 bridgehead atoms. The summed E-state index contributed by atoms with van der Waals surface area (Å²) in [5.41, 5.74) is 3.85. The number of aromatic hydroxyl groups is 1. The first-order valence-corrected chi connectivity index (χ1v) is 8.35. The molecule has 6 heteroatoms. The van der Waals surface area contributed by atoms with Gasteiger partial charge in [-0.15, -0.1) is 0 Å². The average Bonchev–Trinajstić information content (AvgIpc) is 2.98. The summed E-state index contributed by atoms with van der Waals surface area (Å²) < 4.78 is 3.86. The zero-order valence-corrected chi connectivity index (χ0v) is 14.1. The first-order chi connectivity index (χ1) is 12.1. The SMILES string of the molecule is Cc1nn(-c2ccccc2)cc1CN1CCn2cc(O)c(=O)cc2C1. The lowest BCUT2D eigenvalue weighted by molar-refractivity contribution is 0.209. The minimum absolute atomic E-state index is 0.183. The number of pyridine rings is 1. The highest BCUT2D eigenvalue weighted by Crippen LogP contribution is 2.18. The molecule has 2 aromatic heterocycles. The van der Waals surface area contributed by atoms with Crippen LogP contribution in [0.2, 0.25) is 0 Å². The van der Waals surface area contributed by atoms with E-state index in [1.165, 1.54) is 17.8 Å². The van der Waals surface area contributed by atoms with Crippen molar-refractivity contribution >= 4 is 0 Å². The lowest BCUT2D eigenvalue weighted by Crippen LogP contribution is -2.34. The second-order valence-electron chi connectivity index (χ2n) is 6.44. The summed E-state index contributed by atoms with van der Waals surface area (Å²) in [5, 5.41) is 14.2. The van der Waals surface area contributed by atoms with Gasteiger partial charge in [-0.05, 0) is 19.1 Å². The molecule has 0 radical (unpaired) electrons. The number of fused-ring (bicyclic) bond motifs is 1. The van der Waals surface area contributed by atoms with Crippen LogP contribution in [-0.4, -0.2) is 30.9 Å². The van der Waals surface area contributed by atoms with E-state index in [2.05, 4.69) is 16.2 Å². The standard InChI is InChI=1S/C19H20N4O2/c1-14-15(11-23(20-14)16-5-3-2-4-6-16)10-21-7-8-22-13-19(25)18(24)9-17(22)12-21/h2-6,9,11,13,25H,7-8,10,12H2,1H3. The first kappa shape index (κ1) is 15.7. The smallest absolute Gasteiger partial charge is 0.223 e. The molecule has 0 spiro atoms. The molecule has 1 N–H and O–H groups in total. The summed E-state index contributed by atoms with van der Waals surface area (Å²) in [6.07, 6.45) is 3.61. The maximum atomic E-state index is 11.7. The lowest BCUT2D eigenvalue weighted by atomic mass is 10.2. The van der Waals surface area contributed by atoms with Crippen LogP contribution in [0.25, 0.3) is 5.69 Å². The van der Waals surface area contributed by atoms with Crippen molar-refractivity contribution in [3.05, 3.63) is 76.0 Å². The number of hydrogen-bond donors (Lipinski definition) is 1. The van der Waals surface area contributed by atoms with E-state index in [-0.39, 0.29) is 11.2 Å². The Bertz CT molecular complexity index is 959. The normalized spacial score (nSPS) is 14.4. The van der Waals surface area contributed by atoms with Gasteiger partial charge in [0.05, 0.1) is 17.6 Å². The largest absolute Gasteiger partial charge is 0.503 e. The van der Waals surface area contributed by atoms with Crippen LogP contribution in [-0.2, 0) is 19.6 Å². The Balaban J connectivity index is 1.54. The Kier molecular flexibility index (Phi) is 3.89. The van der Waals surface area contributed by atoms with Crippen LogP contribution in [0.4, 0.5) is 0 Å². The quantitative estimate of drug-likeness (QED) is 0.795. The molecule has 0 unspecified atom stereocenters. The summed E-state index contributed by atoms with van der Waals surface area (Å²) in [6.45, 7) is 5.12. The number of benzene rings is 1. The van der Waals surface area contributed by atoms with Crippen LogP contribution in [0.15, 0.2) is 53.6 Å². The highest BCUT2D eigenvalue weighted by molar-refractivity contribution is 5.32. The lowest BCUT2D eigenvalue weighted by Gasteiger charge is -2.29. The first-order valence-electron chi connectivity index (χ1n) is 8.35. The topological polar surface area (TPSA) is 63.3 Å². The fourth-order valence-electron chi connectivity index (χ4n) is 3.24. The molecule has 4 rings (SSSR count). The number of hydrogen-bond acceptors (Lipinski definition) is 4. The van der Waals surface area contributed by atoms with Gasteiger partial charge in [0.25, 0.3) is 0 Å². The van der Waals surface area contributed by atoms with Gasteiger partial charge in [0.15, 0.2) is 5.75 Å². The molecule has 128 valence electrons. The fraction of sp³-hybridized carbons (Fsp3) is 0.263. The molecule has 6 nitrogen and oxygen atoms in total. The van der Waals surface area contributed by atoms with Crippen LogP contribution in [0, 0.1) is 6.92 Å². The van der Waals surface area contributed by atoms with Crippen LogP contribution in [0.5, 0.6) is 5.75 Å². The monoisotopic (exact) mass is 336 g/mol. The molecular formula is C19H20N4O2. The van der Waals surface area contributed by atoms with E-state index in [4.69, 9.17) is 0 Å². The molecule has 0 fully saturated rings. The summed E-state index contributed by atoms with van der Waals surface area (Å²) >= 11 is 0. The molecule has 1 aliphatic heterocycles. The summed E-state index contributed by atoms with van der Waals surface area (Å²) in [7, 11) is 0. The Hall–Kier alpha value is -2.86. The molecule has 0 atom stereocenters. The average molecular weight is 336 g/mol. The molecule has 0 saturated carbocycles. The second kappa shape index (κ2) is 6.22. The van der Waals surface area contributed by atoms with Crippen molar-refractivity contribution in [2.75, 3.05) is 6.54 Å². The molecular weight excluding hydrogens is 316 g/mol. The maximum absolute atomic E-state index is 11.7. The molecule has 3 heterocycles. The van der Waals surface area contributed by atoms with Gasteiger partial charge >= 0.3 is 0 Å². The minimum Gasteiger partial charge on any atom is -0.503 e. The Morgan fingerprint density at radius 3 is 2.76 bits per heavy atom. The molecule has 25 heavy (non-hydrogen) atoms. The Morgan fingerprint density at radius 2 is 1.96 bits per heavy atom. The zero-order chi connectivity index (χ0) is 17.4. The van der Waals surface area contributed by atoms with E-state index >= 15 is 0 Å². The van der Waals surface area contributed by atoms with Crippen LogP contribution >= 0.6 is 0 Å². The van der Waals surface area contributed by atoms with Crippen molar-refractivity contribution in [2.45, 2.75) is 26.6 Å². The van der Waals surface area contributed by atoms with Gasteiger partial charge in [0, 0.05) is 49.7 Å². The number of nitrogens with zero attached hydrogens (tertiary/aromatic N) is 4. The molecule has 1 aliphatic rings. The van der Waals surface area contributed by atoms with Crippen molar-refractivity contribution in [3.63, 3.8) is 0 Å². The van der Waals surface area contributed by atoms with Gasteiger partial charge in [-0.1, -0.05) is 18.2 Å². The molecule has 3 aromatic rings. The predicted octanol–water partition coefficient (Wildman–Crippen LogP) is 2.06. The van der Waals surface area contributed by atoms with E-state index in [0.717, 1.165) is 36.7 Å². The predicted molar refractivity (Wildman–Crippen MR) is 94.8 cm³/mol. The van der Waals surface area contributed by atoms with Gasteiger partial charge in [-0.25, -0.2) is 4.68 Å². The number of rotatable bonds is 3. The minimum atomic E-state index is -0.318.